The van der Waals surface area contributed by atoms with Gasteiger partial charge in [0.25, 0.3) is 5.91 Å². The van der Waals surface area contributed by atoms with Crippen molar-refractivity contribution in [2.75, 3.05) is 5.32 Å². The maximum atomic E-state index is 12.9. The molecule has 0 aliphatic rings. The number of anilines is 1. The van der Waals surface area contributed by atoms with Crippen LogP contribution >= 0.6 is 15.9 Å². The minimum Gasteiger partial charge on any atom is -0.306 e. The zero-order chi connectivity index (χ0) is 13.1. The van der Waals surface area contributed by atoms with Crippen molar-refractivity contribution in [2.24, 2.45) is 0 Å². The summed E-state index contributed by atoms with van der Waals surface area (Å²) >= 11 is 3.07. The molecular formula is C12H7BrF2N2O. The van der Waals surface area contributed by atoms with Crippen molar-refractivity contribution in [3.63, 3.8) is 0 Å². The van der Waals surface area contributed by atoms with E-state index in [9.17, 15) is 13.6 Å². The Hall–Kier alpha value is -1.82. The third-order valence-electron chi connectivity index (χ3n) is 2.13. The summed E-state index contributed by atoms with van der Waals surface area (Å²) in [4.78, 5) is 15.5. The highest BCUT2D eigenvalue weighted by atomic mass is 79.9. The van der Waals surface area contributed by atoms with Crippen molar-refractivity contribution in [3.8, 4) is 0 Å². The molecule has 1 amide bonds. The fraction of sp³-hybridized carbons (Fsp3) is 0. The Kier molecular flexibility index (Phi) is 3.66. The summed E-state index contributed by atoms with van der Waals surface area (Å²) in [5, 5.41) is 2.45. The minimum absolute atomic E-state index is 0.160. The molecule has 0 aliphatic heterocycles. The van der Waals surface area contributed by atoms with Crippen LogP contribution in [-0.4, -0.2) is 10.9 Å². The van der Waals surface area contributed by atoms with Gasteiger partial charge in [0.2, 0.25) is 0 Å². The maximum absolute atomic E-state index is 12.9. The SMILES string of the molecule is O=C(Nc1ncc(F)cc1Br)c1cccc(F)c1. The first-order chi connectivity index (χ1) is 8.56. The van der Waals surface area contributed by atoms with Crippen molar-refractivity contribution in [1.82, 2.24) is 4.98 Å². The second-order valence-electron chi connectivity index (χ2n) is 3.45. The van der Waals surface area contributed by atoms with Crippen molar-refractivity contribution in [3.05, 3.63) is 58.2 Å². The van der Waals surface area contributed by atoms with Gasteiger partial charge in [0.1, 0.15) is 17.5 Å². The van der Waals surface area contributed by atoms with Crippen LogP contribution in [-0.2, 0) is 0 Å². The molecule has 0 atom stereocenters. The van der Waals surface area contributed by atoms with E-state index in [-0.39, 0.29) is 11.4 Å². The summed E-state index contributed by atoms with van der Waals surface area (Å²) in [5.41, 5.74) is 0.160. The van der Waals surface area contributed by atoms with E-state index in [2.05, 4.69) is 26.2 Å². The van der Waals surface area contributed by atoms with E-state index in [0.717, 1.165) is 12.3 Å². The summed E-state index contributed by atoms with van der Waals surface area (Å²) < 4.78 is 26.1. The third-order valence-corrected chi connectivity index (χ3v) is 2.73. The van der Waals surface area contributed by atoms with Crippen LogP contribution in [0.15, 0.2) is 41.0 Å². The van der Waals surface area contributed by atoms with E-state index >= 15 is 0 Å². The average Bonchev–Trinajstić information content (AvgIpc) is 2.32. The fourth-order valence-electron chi connectivity index (χ4n) is 1.32. The van der Waals surface area contributed by atoms with Gasteiger partial charge in [-0.15, -0.1) is 0 Å². The van der Waals surface area contributed by atoms with E-state index in [1.54, 1.807) is 0 Å². The number of benzene rings is 1. The second-order valence-corrected chi connectivity index (χ2v) is 4.30. The average molecular weight is 313 g/mol. The van der Waals surface area contributed by atoms with Crippen LogP contribution in [0.4, 0.5) is 14.6 Å². The Morgan fingerprint density at radius 1 is 1.22 bits per heavy atom. The van der Waals surface area contributed by atoms with Crippen LogP contribution in [0, 0.1) is 11.6 Å². The molecule has 0 radical (unpaired) electrons. The number of hydrogen-bond acceptors (Lipinski definition) is 2. The van der Waals surface area contributed by atoms with Gasteiger partial charge in [0.05, 0.1) is 10.7 Å². The monoisotopic (exact) mass is 312 g/mol. The molecule has 1 aromatic heterocycles. The Labute approximate surface area is 110 Å². The molecule has 92 valence electrons. The van der Waals surface area contributed by atoms with Gasteiger partial charge in [-0.1, -0.05) is 6.07 Å². The number of halogens is 3. The molecule has 3 nitrogen and oxygen atoms in total. The Morgan fingerprint density at radius 3 is 2.67 bits per heavy atom. The standard InChI is InChI=1S/C12H7BrF2N2O/c13-10-5-9(15)6-16-11(10)17-12(18)7-2-1-3-8(14)4-7/h1-6H,(H,16,17,18). The quantitative estimate of drug-likeness (QED) is 0.923. The first kappa shape index (κ1) is 12.6. The number of amides is 1. The number of aromatic nitrogens is 1. The van der Waals surface area contributed by atoms with Crippen molar-refractivity contribution in [2.45, 2.75) is 0 Å². The van der Waals surface area contributed by atoms with Crippen LogP contribution < -0.4 is 5.32 Å². The molecule has 0 saturated carbocycles. The zero-order valence-electron chi connectivity index (χ0n) is 8.95. The molecule has 0 fully saturated rings. The largest absolute Gasteiger partial charge is 0.306 e. The molecule has 2 rings (SSSR count). The van der Waals surface area contributed by atoms with Crippen molar-refractivity contribution < 1.29 is 13.6 Å². The lowest BCUT2D eigenvalue weighted by Gasteiger charge is -2.06. The first-order valence-electron chi connectivity index (χ1n) is 4.94. The normalized spacial score (nSPS) is 10.2. The van der Waals surface area contributed by atoms with E-state index in [0.29, 0.717) is 4.47 Å². The molecular weight excluding hydrogens is 306 g/mol. The van der Waals surface area contributed by atoms with Crippen molar-refractivity contribution >= 4 is 27.7 Å². The summed E-state index contributed by atoms with van der Waals surface area (Å²) in [7, 11) is 0. The van der Waals surface area contributed by atoms with Crippen LogP contribution in [0.5, 0.6) is 0 Å². The van der Waals surface area contributed by atoms with E-state index < -0.39 is 17.5 Å². The molecule has 1 N–H and O–H groups in total. The van der Waals surface area contributed by atoms with Gasteiger partial charge in [-0.3, -0.25) is 4.79 Å². The Morgan fingerprint density at radius 2 is 2.00 bits per heavy atom. The zero-order valence-corrected chi connectivity index (χ0v) is 10.5. The number of pyridine rings is 1. The minimum atomic E-state index is -0.523. The molecule has 0 unspecified atom stereocenters. The van der Waals surface area contributed by atoms with E-state index in [1.807, 2.05) is 0 Å². The molecule has 18 heavy (non-hydrogen) atoms. The molecule has 6 heteroatoms. The van der Waals surface area contributed by atoms with Crippen LogP contribution in [0.25, 0.3) is 0 Å². The highest BCUT2D eigenvalue weighted by molar-refractivity contribution is 9.10. The van der Waals surface area contributed by atoms with Gasteiger partial charge in [-0.05, 0) is 40.2 Å². The lowest BCUT2D eigenvalue weighted by molar-refractivity contribution is 0.102. The van der Waals surface area contributed by atoms with Gasteiger partial charge in [-0.2, -0.15) is 0 Å². The number of rotatable bonds is 2. The summed E-state index contributed by atoms with van der Waals surface area (Å²) in [6.45, 7) is 0. The van der Waals surface area contributed by atoms with Gasteiger partial charge in [0, 0.05) is 5.56 Å². The predicted molar refractivity (Wildman–Crippen MR) is 66.2 cm³/mol. The van der Waals surface area contributed by atoms with Crippen molar-refractivity contribution in [1.29, 1.82) is 0 Å². The van der Waals surface area contributed by atoms with E-state index in [1.165, 1.54) is 24.3 Å². The van der Waals surface area contributed by atoms with Gasteiger partial charge in [0.15, 0.2) is 0 Å². The van der Waals surface area contributed by atoms with E-state index in [4.69, 9.17) is 0 Å². The number of nitrogens with one attached hydrogen (secondary N) is 1. The molecule has 0 bridgehead atoms. The lowest BCUT2D eigenvalue weighted by Crippen LogP contribution is -2.13. The summed E-state index contributed by atoms with van der Waals surface area (Å²) in [5.74, 6) is -1.38. The lowest BCUT2D eigenvalue weighted by atomic mass is 10.2. The molecule has 1 aromatic carbocycles. The Bertz CT molecular complexity index is 604. The number of carbonyl (C=O) groups excluding carboxylic acids is 1. The highest BCUT2D eigenvalue weighted by Gasteiger charge is 2.10. The molecule has 0 spiro atoms. The predicted octanol–water partition coefficient (Wildman–Crippen LogP) is 3.37. The number of nitrogens with zero attached hydrogens (tertiary/aromatic N) is 1. The molecule has 0 aliphatic carbocycles. The van der Waals surface area contributed by atoms with Crippen LogP contribution in [0.1, 0.15) is 10.4 Å². The van der Waals surface area contributed by atoms with Crippen LogP contribution in [0.2, 0.25) is 0 Å². The summed E-state index contributed by atoms with van der Waals surface area (Å²) in [6.07, 6.45) is 0.978. The van der Waals surface area contributed by atoms with Gasteiger partial charge in [-0.25, -0.2) is 13.8 Å². The molecule has 1 heterocycles. The van der Waals surface area contributed by atoms with Crippen LogP contribution in [0.3, 0.4) is 0 Å². The fourth-order valence-corrected chi connectivity index (χ4v) is 1.74. The highest BCUT2D eigenvalue weighted by Crippen LogP contribution is 2.20. The summed E-state index contributed by atoms with van der Waals surface area (Å²) in [6, 6.07) is 6.41. The third kappa shape index (κ3) is 2.89. The van der Waals surface area contributed by atoms with Gasteiger partial charge < -0.3 is 5.32 Å². The Balaban J connectivity index is 2.21. The number of hydrogen-bond donors (Lipinski definition) is 1. The number of carbonyl (C=O) groups is 1. The first-order valence-corrected chi connectivity index (χ1v) is 5.73. The van der Waals surface area contributed by atoms with Gasteiger partial charge >= 0.3 is 0 Å². The molecule has 2 aromatic rings. The second kappa shape index (κ2) is 5.22. The maximum Gasteiger partial charge on any atom is 0.256 e. The topological polar surface area (TPSA) is 42.0 Å². The molecule has 0 saturated heterocycles. The smallest absolute Gasteiger partial charge is 0.256 e.